The molecule has 7 heteroatoms. The number of halogens is 2. The number of ether oxygens (including phenoxy) is 1. The Bertz CT molecular complexity index is 828. The molecular weight excluding hydrogens is 369 g/mol. The highest BCUT2D eigenvalue weighted by atomic mass is 35.5. The molecule has 5 nitrogen and oxygen atoms in total. The molecule has 0 aliphatic carbocycles. The van der Waals surface area contributed by atoms with E-state index in [0.717, 1.165) is 31.9 Å². The average Bonchev–Trinajstić information content (AvgIpc) is 2.62. The highest BCUT2D eigenvalue weighted by Crippen LogP contribution is 2.26. The lowest BCUT2D eigenvalue weighted by atomic mass is 9.98. The monoisotopic (exact) mass is 389 g/mol. The average molecular weight is 390 g/mol. The van der Waals surface area contributed by atoms with Crippen LogP contribution in [0.1, 0.15) is 12.0 Å². The summed E-state index contributed by atoms with van der Waals surface area (Å²) >= 11 is 5.94. The molecule has 0 saturated carbocycles. The summed E-state index contributed by atoms with van der Waals surface area (Å²) in [5.74, 6) is 6.80. The molecule has 1 aromatic carbocycles. The van der Waals surface area contributed by atoms with Gasteiger partial charge in [-0.1, -0.05) is 36.1 Å². The van der Waals surface area contributed by atoms with Crippen molar-refractivity contribution in [2.24, 2.45) is 5.92 Å². The van der Waals surface area contributed by atoms with E-state index in [2.05, 4.69) is 33.5 Å². The third-order valence-electron chi connectivity index (χ3n) is 5.30. The Morgan fingerprint density at radius 2 is 2.15 bits per heavy atom. The number of nitrogens with one attached hydrogen (secondary N) is 1. The summed E-state index contributed by atoms with van der Waals surface area (Å²) in [5, 5.41) is 3.08. The van der Waals surface area contributed by atoms with Crippen molar-refractivity contribution in [1.82, 2.24) is 15.1 Å². The highest BCUT2D eigenvalue weighted by molar-refractivity contribution is 6.31. The fraction of sp³-hybridized carbons (Fsp3) is 0.450. The molecule has 3 aliphatic heterocycles. The predicted octanol–water partition coefficient (Wildman–Crippen LogP) is 1.82. The van der Waals surface area contributed by atoms with E-state index in [1.807, 2.05) is 0 Å². The summed E-state index contributed by atoms with van der Waals surface area (Å²) in [4.78, 5) is 15.9. The van der Waals surface area contributed by atoms with E-state index in [1.165, 1.54) is 6.07 Å². The molecule has 1 N–H and O–H groups in total. The molecule has 1 aromatic rings. The summed E-state index contributed by atoms with van der Waals surface area (Å²) in [5.41, 5.74) is 0.518. The molecule has 0 aromatic heterocycles. The minimum atomic E-state index is -0.450. The van der Waals surface area contributed by atoms with Crippen LogP contribution in [0.2, 0.25) is 5.02 Å². The van der Waals surface area contributed by atoms with Crippen LogP contribution in [0.5, 0.6) is 0 Å². The Morgan fingerprint density at radius 1 is 1.33 bits per heavy atom. The molecule has 1 amide bonds. The van der Waals surface area contributed by atoms with Crippen molar-refractivity contribution in [1.29, 1.82) is 0 Å². The zero-order chi connectivity index (χ0) is 19.0. The van der Waals surface area contributed by atoms with Crippen LogP contribution in [0.3, 0.4) is 0 Å². The van der Waals surface area contributed by atoms with E-state index in [9.17, 15) is 9.18 Å². The predicted molar refractivity (Wildman–Crippen MR) is 100 cm³/mol. The Hall–Kier alpha value is -2.23. The van der Waals surface area contributed by atoms with Crippen LogP contribution in [0, 0.1) is 23.6 Å². The number of carbonyl (C=O) groups excluding carboxylic acids is 1. The molecule has 3 heterocycles. The number of benzene rings is 1. The maximum Gasteiger partial charge on any atom is 0.246 e. The summed E-state index contributed by atoms with van der Waals surface area (Å²) in [6.07, 6.45) is 0.969. The van der Waals surface area contributed by atoms with Gasteiger partial charge in [0.1, 0.15) is 12.4 Å². The first-order valence-electron chi connectivity index (χ1n) is 9.06. The molecule has 3 fully saturated rings. The van der Waals surface area contributed by atoms with Gasteiger partial charge in [-0.2, -0.15) is 0 Å². The largest absolute Gasteiger partial charge is 0.366 e. The Morgan fingerprint density at radius 3 is 2.96 bits per heavy atom. The molecule has 4 rings (SSSR count). The fourth-order valence-electron chi connectivity index (χ4n) is 3.70. The topological polar surface area (TPSA) is 44.8 Å². The second kappa shape index (κ2) is 7.41. The van der Waals surface area contributed by atoms with E-state index in [4.69, 9.17) is 16.3 Å². The summed E-state index contributed by atoms with van der Waals surface area (Å²) in [6.45, 7) is 7.51. The number of likely N-dealkylation sites (tertiary alicyclic amines) is 2. The number of morpholine rings is 1. The Kier molecular flexibility index (Phi) is 4.98. The lowest BCUT2D eigenvalue weighted by Crippen LogP contribution is -2.61. The molecule has 2 atom stereocenters. The van der Waals surface area contributed by atoms with Crippen LogP contribution in [-0.4, -0.2) is 60.6 Å². The van der Waals surface area contributed by atoms with E-state index in [-0.39, 0.29) is 35.6 Å². The van der Waals surface area contributed by atoms with E-state index in [1.54, 1.807) is 12.1 Å². The lowest BCUT2D eigenvalue weighted by Gasteiger charge is -2.48. The minimum Gasteiger partial charge on any atom is -0.366 e. The number of rotatable bonds is 2. The van der Waals surface area contributed by atoms with Crippen LogP contribution in [-0.2, 0) is 9.53 Å². The van der Waals surface area contributed by atoms with E-state index in [0.29, 0.717) is 12.1 Å². The van der Waals surface area contributed by atoms with Gasteiger partial charge in [0.25, 0.3) is 0 Å². The van der Waals surface area contributed by atoms with Crippen LogP contribution >= 0.6 is 11.6 Å². The number of amides is 1. The molecule has 3 aliphatic rings. The van der Waals surface area contributed by atoms with Crippen molar-refractivity contribution < 1.29 is 13.9 Å². The zero-order valence-electron chi connectivity index (χ0n) is 14.9. The van der Waals surface area contributed by atoms with E-state index >= 15 is 0 Å². The number of hydrogen-bond acceptors (Lipinski definition) is 4. The highest BCUT2D eigenvalue weighted by Gasteiger charge is 2.37. The van der Waals surface area contributed by atoms with Crippen molar-refractivity contribution in [3.05, 3.63) is 47.0 Å². The third-order valence-corrected chi connectivity index (χ3v) is 5.68. The molecule has 0 radical (unpaired) electrons. The van der Waals surface area contributed by atoms with Crippen LogP contribution in [0.15, 0.2) is 30.6 Å². The number of piperidine rings is 1. The summed E-state index contributed by atoms with van der Waals surface area (Å²) in [6, 6.07) is 4.67. The first-order chi connectivity index (χ1) is 13.0. The first kappa shape index (κ1) is 18.1. The van der Waals surface area contributed by atoms with Gasteiger partial charge in [0.2, 0.25) is 5.91 Å². The molecule has 3 saturated heterocycles. The minimum absolute atomic E-state index is 0.0173. The molecule has 27 heavy (non-hydrogen) atoms. The molecule has 0 spiro atoms. The third kappa shape index (κ3) is 3.76. The zero-order valence-corrected chi connectivity index (χ0v) is 15.6. The van der Waals surface area contributed by atoms with Gasteiger partial charge in [0.15, 0.2) is 0 Å². The van der Waals surface area contributed by atoms with Gasteiger partial charge in [-0.3, -0.25) is 4.79 Å². The number of nitrogens with zero attached hydrogens (tertiary/aromatic N) is 2. The molecular formula is C20H21ClFN3O2. The quantitative estimate of drug-likeness (QED) is 0.784. The number of hydrogen-bond donors (Lipinski definition) is 1. The smallest absolute Gasteiger partial charge is 0.246 e. The Labute approximate surface area is 163 Å². The summed E-state index contributed by atoms with van der Waals surface area (Å²) in [7, 11) is 0. The molecule has 0 unspecified atom stereocenters. The summed E-state index contributed by atoms with van der Waals surface area (Å²) < 4.78 is 19.0. The van der Waals surface area contributed by atoms with Gasteiger partial charge in [0.05, 0.1) is 28.9 Å². The lowest BCUT2D eigenvalue weighted by molar-refractivity contribution is -0.140. The van der Waals surface area contributed by atoms with Crippen molar-refractivity contribution in [3.63, 3.8) is 0 Å². The van der Waals surface area contributed by atoms with Crippen molar-refractivity contribution in [2.75, 3.05) is 32.8 Å². The van der Waals surface area contributed by atoms with Crippen LogP contribution in [0.25, 0.3) is 0 Å². The van der Waals surface area contributed by atoms with Crippen molar-refractivity contribution in [3.8, 4) is 11.8 Å². The normalized spacial score (nSPS) is 25.0. The number of carbonyl (C=O) groups is 1. The molecule has 0 bridgehead atoms. The number of fused-ring (bicyclic) bond motifs is 1. The van der Waals surface area contributed by atoms with Crippen LogP contribution in [0.4, 0.5) is 4.39 Å². The first-order valence-corrected chi connectivity index (χ1v) is 9.44. The second-order valence-corrected chi connectivity index (χ2v) is 7.52. The maximum absolute atomic E-state index is 13.5. The van der Waals surface area contributed by atoms with E-state index < -0.39 is 5.82 Å². The fourth-order valence-corrected chi connectivity index (χ4v) is 3.87. The van der Waals surface area contributed by atoms with Crippen LogP contribution < -0.4 is 5.32 Å². The van der Waals surface area contributed by atoms with Gasteiger partial charge in [0, 0.05) is 31.7 Å². The maximum atomic E-state index is 13.5. The SMILES string of the molecule is C=C(N1CC(C#Cc2cccc(F)c2Cl)C1)N1CC[C@@H]2OCC(=O)N[C@@H]2C1. The molecule has 142 valence electrons. The second-order valence-electron chi connectivity index (χ2n) is 7.15. The van der Waals surface area contributed by atoms with Gasteiger partial charge < -0.3 is 19.9 Å². The van der Waals surface area contributed by atoms with Gasteiger partial charge >= 0.3 is 0 Å². The van der Waals surface area contributed by atoms with Gasteiger partial charge in [-0.25, -0.2) is 4.39 Å². The van der Waals surface area contributed by atoms with Gasteiger partial charge in [-0.05, 0) is 18.6 Å². The Balaban J connectivity index is 1.31. The van der Waals surface area contributed by atoms with Crippen molar-refractivity contribution in [2.45, 2.75) is 18.6 Å². The van der Waals surface area contributed by atoms with Crippen molar-refractivity contribution >= 4 is 17.5 Å². The standard InChI is InChI=1S/C20H21ClFN3O2/c1-13(24-8-7-18-17(11-24)23-19(26)12-27-18)25-9-14(10-25)5-6-15-3-2-4-16(22)20(15)21/h2-4,14,17-18H,1,7-12H2,(H,23,26)/t17-,18+/m1/s1. The van der Waals surface area contributed by atoms with Gasteiger partial charge in [-0.15, -0.1) is 0 Å².